The summed E-state index contributed by atoms with van der Waals surface area (Å²) in [6, 6.07) is 6.31. The summed E-state index contributed by atoms with van der Waals surface area (Å²) in [6.07, 6.45) is 1.56. The highest BCUT2D eigenvalue weighted by molar-refractivity contribution is 6.01. The van der Waals surface area contributed by atoms with Gasteiger partial charge in [0.15, 0.2) is 0 Å². The summed E-state index contributed by atoms with van der Waals surface area (Å²) in [6.45, 7) is 7.70. The largest absolute Gasteiger partial charge is 0.465 e. The fourth-order valence-electron chi connectivity index (χ4n) is 2.33. The molecule has 1 aromatic carbocycles. The summed E-state index contributed by atoms with van der Waals surface area (Å²) >= 11 is 0. The van der Waals surface area contributed by atoms with E-state index < -0.39 is 5.97 Å². The van der Waals surface area contributed by atoms with Crippen LogP contribution in [0.4, 0.5) is 22.9 Å². The topological polar surface area (TPSA) is 104 Å². The van der Waals surface area contributed by atoms with Gasteiger partial charge in [0.2, 0.25) is 0 Å². The number of carbonyl (C=O) groups is 1. The summed E-state index contributed by atoms with van der Waals surface area (Å²) in [4.78, 5) is 27.5. The van der Waals surface area contributed by atoms with Crippen molar-refractivity contribution < 1.29 is 19.7 Å². The Bertz CT molecular complexity index is 844. The second-order valence-electron chi connectivity index (χ2n) is 6.85. The molecule has 2 aromatic rings. The maximum Gasteiger partial charge on any atom is 0.343 e. The van der Waals surface area contributed by atoms with Crippen molar-refractivity contribution in [3.63, 3.8) is 0 Å². The predicted octanol–water partition coefficient (Wildman–Crippen LogP) is 3.93. The number of hydrogen-bond donors (Lipinski definition) is 3. The number of aromatic nitrogens is 1. The minimum Gasteiger partial charge on any atom is -0.465 e. The van der Waals surface area contributed by atoms with Gasteiger partial charge < -0.3 is 15.4 Å². The van der Waals surface area contributed by atoms with E-state index in [0.717, 1.165) is 5.56 Å². The van der Waals surface area contributed by atoms with Crippen LogP contribution < -0.4 is 10.6 Å². The normalized spacial score (nSPS) is 11.0. The predicted molar refractivity (Wildman–Crippen MR) is 98.5 cm³/mol. The van der Waals surface area contributed by atoms with Gasteiger partial charge in [0.05, 0.1) is 17.7 Å². The standard InChI is InChI=1S/C18H22N4O4/c1-11-6-7-12(22(24)25)10-14(11)20-13-8-9-19-16(21-18(2,3)4)15(13)17(23)26-5/h6-10H,1-5H3,(H2-,19,20,21,23,24,25)/p+1. The van der Waals surface area contributed by atoms with Crippen LogP contribution >= 0.6 is 0 Å². The summed E-state index contributed by atoms with van der Waals surface area (Å²) < 4.78 is 4.90. The Labute approximate surface area is 151 Å². The number of anilines is 3. The first kappa shape index (κ1) is 19.2. The molecule has 0 radical (unpaired) electrons. The maximum absolute atomic E-state index is 12.4. The monoisotopic (exact) mass is 359 g/mol. The molecule has 0 aliphatic heterocycles. The van der Waals surface area contributed by atoms with E-state index in [9.17, 15) is 9.70 Å². The van der Waals surface area contributed by atoms with E-state index in [-0.39, 0.29) is 21.7 Å². The van der Waals surface area contributed by atoms with Crippen LogP contribution in [0.3, 0.4) is 0 Å². The average Bonchev–Trinajstić information content (AvgIpc) is 2.54. The van der Waals surface area contributed by atoms with Crippen molar-refractivity contribution in [2.75, 3.05) is 17.7 Å². The number of ether oxygens (including phenoxy) is 1. The molecule has 0 aliphatic rings. The number of nitrogens with one attached hydrogen (secondary N) is 2. The lowest BCUT2D eigenvalue weighted by Gasteiger charge is -2.24. The van der Waals surface area contributed by atoms with Gasteiger partial charge in [-0.25, -0.2) is 15.0 Å². The highest BCUT2D eigenvalue weighted by Crippen LogP contribution is 2.30. The molecule has 1 heterocycles. The molecule has 3 N–H and O–H groups in total. The first-order valence-corrected chi connectivity index (χ1v) is 8.01. The average molecular weight is 359 g/mol. The molecule has 1 aromatic heterocycles. The number of pyridine rings is 1. The zero-order valence-corrected chi connectivity index (χ0v) is 15.5. The lowest BCUT2D eigenvalue weighted by Crippen LogP contribution is -2.28. The van der Waals surface area contributed by atoms with Crippen molar-refractivity contribution in [2.45, 2.75) is 33.2 Å². The van der Waals surface area contributed by atoms with Crippen molar-refractivity contribution in [1.29, 1.82) is 0 Å². The quantitative estimate of drug-likeness (QED) is 0.549. The Balaban J connectivity index is 2.53. The van der Waals surface area contributed by atoms with Crippen molar-refractivity contribution in [1.82, 2.24) is 4.98 Å². The zero-order chi connectivity index (χ0) is 19.5. The Morgan fingerprint density at radius 2 is 1.92 bits per heavy atom. The SMILES string of the molecule is COC(=O)c1c(Nc2cc([N+](=O)O)ccc2C)ccnc1NC(C)(C)C. The first-order chi connectivity index (χ1) is 12.1. The number of methoxy groups -OCH3 is 1. The third-order valence-electron chi connectivity index (χ3n) is 3.55. The molecule has 0 amide bonds. The molecule has 0 unspecified atom stereocenters. The number of nitrogens with zero attached hydrogens (tertiary/aromatic N) is 2. The fraction of sp³-hybridized carbons (Fsp3) is 0.333. The number of esters is 1. The molecule has 8 nitrogen and oxygen atoms in total. The summed E-state index contributed by atoms with van der Waals surface area (Å²) in [5.74, 6) is -0.162. The molecule has 0 aliphatic carbocycles. The van der Waals surface area contributed by atoms with Crippen molar-refractivity contribution in [3.8, 4) is 0 Å². The molecule has 0 saturated heterocycles. The molecule has 138 valence electrons. The minimum atomic E-state index is -0.547. The molecule has 0 spiro atoms. The molecule has 2 rings (SSSR count). The molecule has 0 fully saturated rings. The van der Waals surface area contributed by atoms with Gasteiger partial charge in [-0.15, -0.1) is 0 Å². The summed E-state index contributed by atoms with van der Waals surface area (Å²) in [5.41, 5.74) is 1.86. The highest BCUT2D eigenvalue weighted by Gasteiger charge is 2.23. The second kappa shape index (κ2) is 7.38. The van der Waals surface area contributed by atoms with Gasteiger partial charge >= 0.3 is 11.7 Å². The Morgan fingerprint density at radius 3 is 2.50 bits per heavy atom. The van der Waals surface area contributed by atoms with Crippen molar-refractivity contribution >= 4 is 28.8 Å². The number of benzene rings is 1. The van der Waals surface area contributed by atoms with Crippen LogP contribution in [0.2, 0.25) is 0 Å². The Hall–Kier alpha value is -3.16. The van der Waals surface area contributed by atoms with Crippen LogP contribution in [-0.2, 0) is 4.74 Å². The highest BCUT2D eigenvalue weighted by atomic mass is 16.6. The van der Waals surface area contributed by atoms with Gasteiger partial charge in [0.25, 0.3) is 4.92 Å². The minimum absolute atomic E-state index is 0.0693. The van der Waals surface area contributed by atoms with Gasteiger partial charge in [0.1, 0.15) is 11.4 Å². The lowest BCUT2D eigenvalue weighted by molar-refractivity contribution is -0.729. The summed E-state index contributed by atoms with van der Waals surface area (Å²) in [5, 5.41) is 15.4. The molecular weight excluding hydrogens is 336 g/mol. The molecule has 0 saturated carbocycles. The van der Waals surface area contributed by atoms with E-state index in [4.69, 9.17) is 9.94 Å². The molecule has 0 bridgehead atoms. The lowest BCUT2D eigenvalue weighted by atomic mass is 10.1. The van der Waals surface area contributed by atoms with Crippen LogP contribution in [0.15, 0.2) is 30.5 Å². The van der Waals surface area contributed by atoms with Crippen LogP contribution in [0.1, 0.15) is 36.7 Å². The summed E-state index contributed by atoms with van der Waals surface area (Å²) in [7, 11) is 1.30. The van der Waals surface area contributed by atoms with Gasteiger partial charge in [0, 0.05) is 29.6 Å². The van der Waals surface area contributed by atoms with Crippen LogP contribution in [0, 0.1) is 11.8 Å². The molecular formula is C18H23N4O4+. The van der Waals surface area contributed by atoms with Crippen LogP contribution in [0.25, 0.3) is 0 Å². The Morgan fingerprint density at radius 1 is 1.23 bits per heavy atom. The van der Waals surface area contributed by atoms with Gasteiger partial charge in [-0.1, -0.05) is 6.07 Å². The molecule has 0 atom stereocenters. The first-order valence-electron chi connectivity index (χ1n) is 8.01. The van der Waals surface area contributed by atoms with Gasteiger partial charge in [-0.2, -0.15) is 0 Å². The number of carbonyl (C=O) groups excluding carboxylic acids is 1. The van der Waals surface area contributed by atoms with E-state index >= 15 is 0 Å². The molecule has 26 heavy (non-hydrogen) atoms. The van der Waals surface area contributed by atoms with E-state index in [1.165, 1.54) is 19.2 Å². The van der Waals surface area contributed by atoms with E-state index in [1.54, 1.807) is 18.3 Å². The second-order valence-corrected chi connectivity index (χ2v) is 6.85. The van der Waals surface area contributed by atoms with Gasteiger partial charge in [-0.3, -0.25) is 0 Å². The fourth-order valence-corrected chi connectivity index (χ4v) is 2.33. The zero-order valence-electron chi connectivity index (χ0n) is 15.5. The number of aryl methyl sites for hydroxylation is 1. The van der Waals surface area contributed by atoms with E-state index in [2.05, 4.69) is 15.6 Å². The number of hydrogen-bond acceptors (Lipinski definition) is 6. The van der Waals surface area contributed by atoms with E-state index in [0.29, 0.717) is 17.2 Å². The number of rotatable bonds is 5. The Kier molecular flexibility index (Phi) is 5.44. The third-order valence-corrected chi connectivity index (χ3v) is 3.55. The van der Waals surface area contributed by atoms with Gasteiger partial charge in [-0.05, 0) is 39.3 Å². The third kappa shape index (κ3) is 4.47. The maximum atomic E-state index is 12.4. The molecule has 8 heteroatoms. The van der Waals surface area contributed by atoms with Crippen LogP contribution in [-0.4, -0.2) is 33.7 Å². The van der Waals surface area contributed by atoms with Crippen molar-refractivity contribution in [2.24, 2.45) is 0 Å². The smallest absolute Gasteiger partial charge is 0.343 e. The van der Waals surface area contributed by atoms with Crippen LogP contribution in [0.5, 0.6) is 0 Å². The van der Waals surface area contributed by atoms with E-state index in [1.807, 2.05) is 27.7 Å². The van der Waals surface area contributed by atoms with Crippen molar-refractivity contribution in [3.05, 3.63) is 46.5 Å².